The number of aliphatic hydroxyl groups is 1. The third-order valence-electron chi connectivity index (χ3n) is 5.31. The summed E-state index contributed by atoms with van der Waals surface area (Å²) in [6, 6.07) is 22.4. The van der Waals surface area contributed by atoms with Gasteiger partial charge in [-0.15, -0.1) is 11.3 Å². The molecule has 0 radical (unpaired) electrons. The van der Waals surface area contributed by atoms with Crippen LogP contribution in [0.3, 0.4) is 0 Å². The van der Waals surface area contributed by atoms with Gasteiger partial charge in [0.1, 0.15) is 11.6 Å². The highest BCUT2D eigenvalue weighted by atomic mass is 35.5. The lowest BCUT2D eigenvalue weighted by atomic mass is 10.1. The molecule has 0 saturated heterocycles. The largest absolute Gasteiger partial charge is 0.493 e. The Morgan fingerprint density at radius 1 is 1.00 bits per heavy atom. The van der Waals surface area contributed by atoms with Gasteiger partial charge in [-0.3, -0.25) is 4.79 Å². The van der Waals surface area contributed by atoms with E-state index in [0.717, 1.165) is 16.1 Å². The molecule has 0 spiro atoms. The summed E-state index contributed by atoms with van der Waals surface area (Å²) in [6.45, 7) is 0.978. The minimum absolute atomic E-state index is 0.0943. The van der Waals surface area contributed by atoms with Gasteiger partial charge in [0.2, 0.25) is 0 Å². The molecule has 0 unspecified atom stereocenters. The Balaban J connectivity index is 1.56. The molecule has 6 nitrogen and oxygen atoms in total. The van der Waals surface area contributed by atoms with Crippen molar-refractivity contribution in [2.45, 2.75) is 26.3 Å². The molecule has 4 rings (SSSR count). The number of halogens is 1. The third-order valence-corrected chi connectivity index (χ3v) is 6.43. The van der Waals surface area contributed by atoms with Gasteiger partial charge in [0.05, 0.1) is 19.4 Å². The number of carbonyl (C=O) groups excluding carboxylic acids is 1. The van der Waals surface area contributed by atoms with Gasteiger partial charge in [-0.1, -0.05) is 48.0 Å². The van der Waals surface area contributed by atoms with Crippen molar-refractivity contribution in [2.75, 3.05) is 7.11 Å². The maximum atomic E-state index is 13.4. The molecule has 0 saturated carbocycles. The predicted molar refractivity (Wildman–Crippen MR) is 137 cm³/mol. The summed E-state index contributed by atoms with van der Waals surface area (Å²) in [5.41, 5.74) is 3.11. The molecule has 1 amide bonds. The van der Waals surface area contributed by atoms with Crippen molar-refractivity contribution < 1.29 is 19.4 Å². The van der Waals surface area contributed by atoms with Gasteiger partial charge in [-0.05, 0) is 47.5 Å². The molecule has 1 aromatic heterocycles. The number of hydrogen-bond acceptors (Lipinski definition) is 6. The summed E-state index contributed by atoms with van der Waals surface area (Å²) in [5.74, 6) is 1.05. The van der Waals surface area contributed by atoms with Crippen LogP contribution in [-0.4, -0.2) is 28.0 Å². The molecule has 3 aromatic carbocycles. The van der Waals surface area contributed by atoms with E-state index in [0.29, 0.717) is 40.9 Å². The van der Waals surface area contributed by atoms with Crippen molar-refractivity contribution in [1.82, 2.24) is 9.88 Å². The topological polar surface area (TPSA) is 71.9 Å². The zero-order valence-electron chi connectivity index (χ0n) is 19.2. The van der Waals surface area contributed by atoms with Crippen LogP contribution in [0, 0.1) is 0 Å². The third kappa shape index (κ3) is 6.60. The highest BCUT2D eigenvalue weighted by Crippen LogP contribution is 2.30. The van der Waals surface area contributed by atoms with E-state index < -0.39 is 0 Å². The lowest BCUT2D eigenvalue weighted by molar-refractivity contribution is 0.0730. The fraction of sp³-hybridized carbons (Fsp3) is 0.185. The van der Waals surface area contributed by atoms with Crippen LogP contribution < -0.4 is 9.47 Å². The van der Waals surface area contributed by atoms with Crippen molar-refractivity contribution in [3.8, 4) is 11.5 Å². The molecule has 0 fully saturated rings. The first-order valence-electron chi connectivity index (χ1n) is 11.0. The quantitative estimate of drug-likeness (QED) is 0.296. The molecule has 180 valence electrons. The first-order chi connectivity index (χ1) is 17.1. The van der Waals surface area contributed by atoms with Gasteiger partial charge >= 0.3 is 0 Å². The van der Waals surface area contributed by atoms with E-state index in [1.165, 1.54) is 11.3 Å². The fourth-order valence-corrected chi connectivity index (χ4v) is 4.38. The second-order valence-corrected chi connectivity index (χ2v) is 9.20. The molecule has 0 atom stereocenters. The van der Waals surface area contributed by atoms with Gasteiger partial charge in [-0.25, -0.2) is 4.98 Å². The molecular formula is C27H25ClN2O4S. The molecule has 35 heavy (non-hydrogen) atoms. The highest BCUT2D eigenvalue weighted by molar-refractivity contribution is 7.09. The number of methoxy groups -OCH3 is 1. The van der Waals surface area contributed by atoms with Crippen LogP contribution in [0.4, 0.5) is 0 Å². The van der Waals surface area contributed by atoms with Crippen LogP contribution in [0.2, 0.25) is 5.02 Å². The second kappa shape index (κ2) is 11.8. The number of thiazole rings is 1. The maximum absolute atomic E-state index is 13.4. The minimum Gasteiger partial charge on any atom is -0.493 e. The van der Waals surface area contributed by atoms with Gasteiger partial charge in [0.25, 0.3) is 5.91 Å². The molecule has 0 aliphatic carbocycles. The Morgan fingerprint density at radius 3 is 2.43 bits per heavy atom. The molecule has 1 heterocycles. The Labute approximate surface area is 213 Å². The number of nitrogens with zero attached hydrogens (tertiary/aromatic N) is 2. The van der Waals surface area contributed by atoms with Gasteiger partial charge in [-0.2, -0.15) is 0 Å². The number of rotatable bonds is 10. The van der Waals surface area contributed by atoms with Crippen LogP contribution in [0.1, 0.15) is 32.2 Å². The Morgan fingerprint density at radius 2 is 1.74 bits per heavy atom. The van der Waals surface area contributed by atoms with Crippen molar-refractivity contribution in [2.24, 2.45) is 0 Å². The van der Waals surface area contributed by atoms with Crippen molar-refractivity contribution in [3.05, 3.63) is 111 Å². The van der Waals surface area contributed by atoms with E-state index in [1.807, 2.05) is 48.5 Å². The average molecular weight is 509 g/mol. The van der Waals surface area contributed by atoms with Crippen molar-refractivity contribution >= 4 is 28.8 Å². The highest BCUT2D eigenvalue weighted by Gasteiger charge is 2.18. The van der Waals surface area contributed by atoms with Gasteiger partial charge in [0, 0.05) is 29.1 Å². The molecule has 8 heteroatoms. The van der Waals surface area contributed by atoms with Gasteiger partial charge in [0.15, 0.2) is 11.5 Å². The maximum Gasteiger partial charge on any atom is 0.254 e. The lowest BCUT2D eigenvalue weighted by Crippen LogP contribution is -2.30. The molecular weight excluding hydrogens is 484 g/mol. The zero-order valence-corrected chi connectivity index (χ0v) is 20.8. The minimum atomic E-state index is -0.103. The van der Waals surface area contributed by atoms with Crippen molar-refractivity contribution in [1.29, 1.82) is 0 Å². The summed E-state index contributed by atoms with van der Waals surface area (Å²) in [4.78, 5) is 19.5. The van der Waals surface area contributed by atoms with E-state index in [9.17, 15) is 9.90 Å². The summed E-state index contributed by atoms with van der Waals surface area (Å²) < 4.78 is 11.5. The van der Waals surface area contributed by atoms with Crippen molar-refractivity contribution in [3.63, 3.8) is 0 Å². The number of benzene rings is 3. The molecule has 4 aromatic rings. The number of ether oxygens (including phenoxy) is 2. The standard InChI is InChI=1S/C27H25ClN2O4S/c1-33-24-12-7-20(13-25(24)34-17-26-29-23(16-31)18-35-26)15-30(14-19-5-3-2-4-6-19)27(32)21-8-10-22(28)11-9-21/h2-13,18,31H,14-17H2,1H3. The summed E-state index contributed by atoms with van der Waals surface area (Å²) in [7, 11) is 1.58. The normalized spacial score (nSPS) is 10.7. The van der Waals surface area contributed by atoms with Crippen LogP contribution >= 0.6 is 22.9 Å². The van der Waals surface area contributed by atoms with E-state index in [2.05, 4.69) is 4.98 Å². The molecule has 0 aliphatic heterocycles. The summed E-state index contributed by atoms with van der Waals surface area (Å²) in [6.07, 6.45) is 0. The molecule has 1 N–H and O–H groups in total. The summed E-state index contributed by atoms with van der Waals surface area (Å²) >= 11 is 7.44. The zero-order chi connectivity index (χ0) is 24.6. The Bertz CT molecular complexity index is 1260. The van der Waals surface area contributed by atoms with E-state index >= 15 is 0 Å². The summed E-state index contributed by atoms with van der Waals surface area (Å²) in [5, 5.41) is 12.4. The SMILES string of the molecule is COc1ccc(CN(Cc2ccccc2)C(=O)c2ccc(Cl)cc2)cc1OCc1nc(CO)cs1. The van der Waals surface area contributed by atoms with Crippen LogP contribution in [0.15, 0.2) is 78.2 Å². The van der Waals surface area contributed by atoms with Crippen LogP contribution in [0.5, 0.6) is 11.5 Å². The molecule has 0 aliphatic rings. The number of hydrogen-bond donors (Lipinski definition) is 1. The molecule has 0 bridgehead atoms. The Kier molecular flexibility index (Phi) is 8.36. The van der Waals surface area contributed by atoms with E-state index in [-0.39, 0.29) is 19.1 Å². The number of aliphatic hydroxyl groups excluding tert-OH is 1. The smallest absolute Gasteiger partial charge is 0.254 e. The van der Waals surface area contributed by atoms with E-state index in [4.69, 9.17) is 21.1 Å². The number of aromatic nitrogens is 1. The Hall–Kier alpha value is -3.39. The van der Waals surface area contributed by atoms with Crippen LogP contribution in [0.25, 0.3) is 0 Å². The van der Waals surface area contributed by atoms with Gasteiger partial charge < -0.3 is 19.5 Å². The number of carbonyl (C=O) groups is 1. The number of amides is 1. The monoisotopic (exact) mass is 508 g/mol. The predicted octanol–water partition coefficient (Wildman–Crippen LogP) is 5.72. The van der Waals surface area contributed by atoms with E-state index in [1.54, 1.807) is 41.7 Å². The second-order valence-electron chi connectivity index (χ2n) is 7.82. The fourth-order valence-electron chi connectivity index (χ4n) is 3.56. The average Bonchev–Trinajstić information content (AvgIpc) is 3.36. The van der Waals surface area contributed by atoms with Crippen LogP contribution in [-0.2, 0) is 26.3 Å². The first-order valence-corrected chi connectivity index (χ1v) is 12.2. The first kappa shape index (κ1) is 24.7. The lowest BCUT2D eigenvalue weighted by Gasteiger charge is -2.24.